The molecule has 0 radical (unpaired) electrons. The van der Waals surface area contributed by atoms with Gasteiger partial charge in [-0.1, -0.05) is 25.6 Å². The lowest BCUT2D eigenvalue weighted by Crippen LogP contribution is -2.34. The Kier molecular flexibility index (Phi) is 6.30. The van der Waals surface area contributed by atoms with Crippen molar-refractivity contribution in [1.82, 2.24) is 0 Å². The first kappa shape index (κ1) is 21.7. The van der Waals surface area contributed by atoms with Crippen molar-refractivity contribution in [2.45, 2.75) is 51.2 Å². The van der Waals surface area contributed by atoms with Crippen molar-refractivity contribution < 1.29 is 13.2 Å². The largest absolute Gasteiger partial charge is 0.416 e. The van der Waals surface area contributed by atoms with E-state index in [9.17, 15) is 13.2 Å². The van der Waals surface area contributed by atoms with Gasteiger partial charge < -0.3 is 5.73 Å². The van der Waals surface area contributed by atoms with Crippen LogP contribution in [0, 0.1) is 11.3 Å². The lowest BCUT2D eigenvalue weighted by Gasteiger charge is -2.36. The van der Waals surface area contributed by atoms with Gasteiger partial charge in [0.2, 0.25) is 0 Å². The first-order chi connectivity index (χ1) is 13.8. The third-order valence-corrected chi connectivity index (χ3v) is 7.11. The van der Waals surface area contributed by atoms with Crippen molar-refractivity contribution in [3.63, 3.8) is 0 Å². The SMILES string of the molecule is CC.N#Cc1cc(-c2cc3c(s2)CCCC32CCSC(N)=N2)cc(C(F)(F)F)c1. The van der Waals surface area contributed by atoms with E-state index in [1.165, 1.54) is 17.4 Å². The first-order valence-electron chi connectivity index (χ1n) is 9.55. The number of hydrogen-bond donors (Lipinski definition) is 1. The van der Waals surface area contributed by atoms with Crippen LogP contribution in [0.4, 0.5) is 13.2 Å². The summed E-state index contributed by atoms with van der Waals surface area (Å²) in [5, 5.41) is 9.72. The van der Waals surface area contributed by atoms with Gasteiger partial charge in [-0.3, -0.25) is 4.99 Å². The maximum atomic E-state index is 13.2. The van der Waals surface area contributed by atoms with E-state index in [-0.39, 0.29) is 11.1 Å². The third-order valence-electron chi connectivity index (χ3n) is 5.07. The van der Waals surface area contributed by atoms with Crippen LogP contribution < -0.4 is 5.73 Å². The molecule has 1 aliphatic carbocycles. The lowest BCUT2D eigenvalue weighted by atomic mass is 9.78. The number of halogens is 3. The fraction of sp³-hybridized carbons (Fsp3) is 0.429. The molecule has 1 aromatic carbocycles. The van der Waals surface area contributed by atoms with Crippen LogP contribution in [-0.2, 0) is 18.1 Å². The Balaban J connectivity index is 0.00000117. The highest BCUT2D eigenvalue weighted by molar-refractivity contribution is 8.13. The molecule has 0 saturated heterocycles. The third kappa shape index (κ3) is 4.31. The number of nitrogens with two attached hydrogens (primary N) is 1. The summed E-state index contributed by atoms with van der Waals surface area (Å²) in [6, 6.07) is 7.33. The van der Waals surface area contributed by atoms with E-state index in [4.69, 9.17) is 16.0 Å². The summed E-state index contributed by atoms with van der Waals surface area (Å²) < 4.78 is 39.6. The summed E-state index contributed by atoms with van der Waals surface area (Å²) in [6.45, 7) is 4.00. The van der Waals surface area contributed by atoms with Crippen LogP contribution >= 0.6 is 23.1 Å². The number of thiophene rings is 1. The maximum Gasteiger partial charge on any atom is 0.416 e. The zero-order chi connectivity index (χ0) is 21.2. The molecule has 2 aromatic rings. The van der Waals surface area contributed by atoms with E-state index in [0.717, 1.165) is 58.9 Å². The first-order valence-corrected chi connectivity index (χ1v) is 11.3. The molecule has 1 aromatic heterocycles. The van der Waals surface area contributed by atoms with E-state index >= 15 is 0 Å². The average molecular weight is 438 g/mol. The highest BCUT2D eigenvalue weighted by Crippen LogP contribution is 2.49. The minimum Gasteiger partial charge on any atom is -0.379 e. The number of hydrogen-bond acceptors (Lipinski definition) is 5. The van der Waals surface area contributed by atoms with Crippen LogP contribution in [0.3, 0.4) is 0 Å². The van der Waals surface area contributed by atoms with Crippen molar-refractivity contribution >= 4 is 28.3 Å². The summed E-state index contributed by atoms with van der Waals surface area (Å²) in [6.07, 6.45) is -0.815. The topological polar surface area (TPSA) is 62.2 Å². The highest BCUT2D eigenvalue weighted by Gasteiger charge is 2.40. The number of alkyl halides is 3. The van der Waals surface area contributed by atoms with E-state index in [0.29, 0.717) is 10.7 Å². The van der Waals surface area contributed by atoms with Gasteiger partial charge in [-0.25, -0.2) is 0 Å². The van der Waals surface area contributed by atoms with Gasteiger partial charge in [-0.2, -0.15) is 18.4 Å². The fourth-order valence-electron chi connectivity index (χ4n) is 3.82. The van der Waals surface area contributed by atoms with E-state index in [1.54, 1.807) is 11.8 Å². The van der Waals surface area contributed by atoms with Crippen LogP contribution in [0.15, 0.2) is 29.3 Å². The van der Waals surface area contributed by atoms with Crippen molar-refractivity contribution in [3.8, 4) is 16.5 Å². The van der Waals surface area contributed by atoms with E-state index < -0.39 is 11.7 Å². The second kappa shape index (κ2) is 8.41. The Labute approximate surface area is 176 Å². The van der Waals surface area contributed by atoms with Crippen molar-refractivity contribution in [2.75, 3.05) is 5.75 Å². The van der Waals surface area contributed by atoms with Crippen LogP contribution in [0.25, 0.3) is 10.4 Å². The number of rotatable bonds is 1. The lowest BCUT2D eigenvalue weighted by molar-refractivity contribution is -0.137. The smallest absolute Gasteiger partial charge is 0.379 e. The minimum atomic E-state index is -4.49. The Bertz CT molecular complexity index is 973. The van der Waals surface area contributed by atoms with Crippen LogP contribution in [-0.4, -0.2) is 10.9 Å². The normalized spacial score (nSPS) is 20.9. The molecule has 0 amide bonds. The van der Waals surface area contributed by atoms with Crippen molar-refractivity contribution in [3.05, 3.63) is 45.8 Å². The van der Waals surface area contributed by atoms with E-state index in [1.807, 2.05) is 26.0 Å². The van der Waals surface area contributed by atoms with Gasteiger partial charge in [0, 0.05) is 15.5 Å². The second-order valence-electron chi connectivity index (χ2n) is 6.79. The predicted molar refractivity (Wildman–Crippen MR) is 114 cm³/mol. The summed E-state index contributed by atoms with van der Waals surface area (Å²) in [5.41, 5.74) is 6.36. The van der Waals surface area contributed by atoms with Crippen LogP contribution in [0.5, 0.6) is 0 Å². The monoisotopic (exact) mass is 437 g/mol. The number of benzene rings is 1. The van der Waals surface area contributed by atoms with Crippen molar-refractivity contribution in [2.24, 2.45) is 10.7 Å². The predicted octanol–water partition coefficient (Wildman–Crippen LogP) is 6.31. The Morgan fingerprint density at radius 1 is 1.17 bits per heavy atom. The standard InChI is InChI=1S/C19H16F3N3S2.C2H6/c20-19(21,22)13-7-11(10-23)6-12(8-13)16-9-14-15(27-16)2-1-3-18(14)4-5-26-17(24)25-18;1-2/h6-9H,1-5H2,(H2,24,25);1-2H3. The average Bonchev–Trinajstić information content (AvgIpc) is 3.15. The molecule has 0 bridgehead atoms. The molecule has 1 spiro atoms. The number of nitrogens with zero attached hydrogens (tertiary/aromatic N) is 2. The summed E-state index contributed by atoms with van der Waals surface area (Å²) in [7, 11) is 0. The zero-order valence-corrected chi connectivity index (χ0v) is 17.9. The molecule has 0 saturated carbocycles. The Morgan fingerprint density at radius 3 is 2.59 bits per heavy atom. The number of fused-ring (bicyclic) bond motifs is 2. The molecule has 0 fully saturated rings. The molecular weight excluding hydrogens is 415 g/mol. The number of aliphatic imine (C=N–C) groups is 1. The highest BCUT2D eigenvalue weighted by atomic mass is 32.2. The number of nitriles is 1. The van der Waals surface area contributed by atoms with Gasteiger partial charge in [0.05, 0.1) is 22.7 Å². The quantitative estimate of drug-likeness (QED) is 0.568. The fourth-order valence-corrected chi connectivity index (χ4v) is 6.00. The summed E-state index contributed by atoms with van der Waals surface area (Å²) in [5.74, 6) is 0.891. The van der Waals surface area contributed by atoms with Gasteiger partial charge in [0.25, 0.3) is 0 Å². The number of thioether (sulfide) groups is 1. The molecule has 3 nitrogen and oxygen atoms in total. The van der Waals surface area contributed by atoms with Gasteiger partial charge in [0.15, 0.2) is 5.17 Å². The Morgan fingerprint density at radius 2 is 1.93 bits per heavy atom. The summed E-state index contributed by atoms with van der Waals surface area (Å²) in [4.78, 5) is 6.65. The molecular formula is C21H22F3N3S2. The molecule has 1 atom stereocenters. The summed E-state index contributed by atoms with van der Waals surface area (Å²) >= 11 is 3.05. The van der Waals surface area contributed by atoms with Gasteiger partial charge in [0.1, 0.15) is 0 Å². The van der Waals surface area contributed by atoms with Crippen molar-refractivity contribution in [1.29, 1.82) is 5.26 Å². The maximum absolute atomic E-state index is 13.2. The Hall–Kier alpha value is -1.98. The van der Waals surface area contributed by atoms with Gasteiger partial charge in [-0.15, -0.1) is 11.3 Å². The van der Waals surface area contributed by atoms with Crippen LogP contribution in [0.2, 0.25) is 0 Å². The number of aryl methyl sites for hydroxylation is 1. The molecule has 1 unspecified atom stereocenters. The second-order valence-corrected chi connectivity index (χ2v) is 9.04. The zero-order valence-electron chi connectivity index (χ0n) is 16.3. The van der Waals surface area contributed by atoms with Gasteiger partial charge >= 0.3 is 6.18 Å². The molecule has 2 aliphatic rings. The minimum absolute atomic E-state index is 0.0113. The van der Waals surface area contributed by atoms with E-state index in [2.05, 4.69) is 0 Å². The van der Waals surface area contributed by atoms with Crippen LogP contribution in [0.1, 0.15) is 54.7 Å². The molecule has 8 heteroatoms. The molecule has 154 valence electrons. The molecule has 1 aliphatic heterocycles. The van der Waals surface area contributed by atoms with Gasteiger partial charge in [-0.05, 0) is 61.1 Å². The molecule has 4 rings (SSSR count). The molecule has 29 heavy (non-hydrogen) atoms. The number of amidine groups is 1. The molecule has 2 N–H and O–H groups in total. The molecule has 2 heterocycles.